The number of ether oxygens (including phenoxy) is 1. The summed E-state index contributed by atoms with van der Waals surface area (Å²) in [5, 5.41) is 0.798. The SMILES string of the molecule is Cc1cc(C(=O)CCC(=O)OCC(=O)c2c[nH]c3ccccc23)c(C)s1. The van der Waals surface area contributed by atoms with E-state index in [1.165, 1.54) is 0 Å². The third kappa shape index (κ3) is 3.91. The van der Waals surface area contributed by atoms with Crippen molar-refractivity contribution in [3.63, 3.8) is 0 Å². The van der Waals surface area contributed by atoms with Crippen molar-refractivity contribution in [3.8, 4) is 0 Å². The molecule has 0 aliphatic carbocycles. The third-order valence-corrected chi connectivity index (χ3v) is 5.12. The minimum Gasteiger partial charge on any atom is -0.457 e. The Bertz CT molecular complexity index is 983. The van der Waals surface area contributed by atoms with Crippen LogP contribution in [0.3, 0.4) is 0 Å². The van der Waals surface area contributed by atoms with Crippen LogP contribution in [0.25, 0.3) is 10.9 Å². The molecule has 1 aromatic carbocycles. The van der Waals surface area contributed by atoms with Crippen LogP contribution in [0.15, 0.2) is 36.5 Å². The number of esters is 1. The molecule has 0 amide bonds. The molecule has 0 radical (unpaired) electrons. The molecular weight excluding hydrogens is 350 g/mol. The van der Waals surface area contributed by atoms with Crippen molar-refractivity contribution in [1.82, 2.24) is 4.98 Å². The lowest BCUT2D eigenvalue weighted by Crippen LogP contribution is -2.15. The van der Waals surface area contributed by atoms with E-state index < -0.39 is 5.97 Å². The van der Waals surface area contributed by atoms with E-state index in [2.05, 4.69) is 4.98 Å². The molecule has 26 heavy (non-hydrogen) atoms. The second-order valence-electron chi connectivity index (χ2n) is 6.08. The van der Waals surface area contributed by atoms with Crippen LogP contribution >= 0.6 is 11.3 Å². The molecular formula is C20H19NO4S. The third-order valence-electron chi connectivity index (χ3n) is 4.15. The molecule has 0 fully saturated rings. The Morgan fingerprint density at radius 2 is 1.81 bits per heavy atom. The largest absolute Gasteiger partial charge is 0.457 e. The van der Waals surface area contributed by atoms with Gasteiger partial charge in [0.15, 0.2) is 12.4 Å². The molecule has 0 saturated heterocycles. The van der Waals surface area contributed by atoms with Crippen LogP contribution < -0.4 is 0 Å². The molecule has 0 unspecified atom stereocenters. The molecule has 6 heteroatoms. The summed E-state index contributed by atoms with van der Waals surface area (Å²) < 4.78 is 5.05. The van der Waals surface area contributed by atoms with Gasteiger partial charge in [-0.2, -0.15) is 0 Å². The van der Waals surface area contributed by atoms with Crippen LogP contribution in [0.4, 0.5) is 0 Å². The Hall–Kier alpha value is -2.73. The number of hydrogen-bond acceptors (Lipinski definition) is 5. The molecule has 2 heterocycles. The number of aromatic amines is 1. The van der Waals surface area contributed by atoms with Crippen LogP contribution in [-0.2, 0) is 9.53 Å². The average molecular weight is 369 g/mol. The summed E-state index contributed by atoms with van der Waals surface area (Å²) in [6, 6.07) is 9.27. The first-order valence-corrected chi connectivity index (χ1v) is 9.12. The number of carbonyl (C=O) groups is 3. The second-order valence-corrected chi connectivity index (χ2v) is 7.54. The molecule has 0 atom stereocenters. The van der Waals surface area contributed by atoms with E-state index in [-0.39, 0.29) is 31.0 Å². The Labute approximate surface area is 155 Å². The molecule has 2 aromatic heterocycles. The molecule has 134 valence electrons. The quantitative estimate of drug-likeness (QED) is 0.499. The highest BCUT2D eigenvalue weighted by atomic mass is 32.1. The summed E-state index contributed by atoms with van der Waals surface area (Å²) in [5.74, 6) is -0.894. The van der Waals surface area contributed by atoms with Gasteiger partial charge in [0.25, 0.3) is 0 Å². The molecule has 3 rings (SSSR count). The highest BCUT2D eigenvalue weighted by Gasteiger charge is 2.17. The molecule has 0 bridgehead atoms. The van der Waals surface area contributed by atoms with Gasteiger partial charge in [-0.15, -0.1) is 11.3 Å². The summed E-state index contributed by atoms with van der Waals surface area (Å²) in [6.45, 7) is 3.51. The van der Waals surface area contributed by atoms with Crippen LogP contribution in [0.5, 0.6) is 0 Å². The van der Waals surface area contributed by atoms with Crippen LogP contribution in [0.1, 0.15) is 43.3 Å². The first-order chi connectivity index (χ1) is 12.5. The highest BCUT2D eigenvalue weighted by molar-refractivity contribution is 7.12. The van der Waals surface area contributed by atoms with Crippen molar-refractivity contribution in [3.05, 3.63) is 57.4 Å². The van der Waals surface area contributed by atoms with Gasteiger partial charge in [-0.3, -0.25) is 14.4 Å². The van der Waals surface area contributed by atoms with Gasteiger partial charge in [0.2, 0.25) is 5.78 Å². The van der Waals surface area contributed by atoms with E-state index in [9.17, 15) is 14.4 Å². The fourth-order valence-electron chi connectivity index (χ4n) is 2.86. The topological polar surface area (TPSA) is 76.2 Å². The highest BCUT2D eigenvalue weighted by Crippen LogP contribution is 2.22. The zero-order valence-electron chi connectivity index (χ0n) is 14.6. The van der Waals surface area contributed by atoms with E-state index in [1.54, 1.807) is 17.5 Å². The van der Waals surface area contributed by atoms with Gasteiger partial charge in [-0.25, -0.2) is 0 Å². The molecule has 3 aromatic rings. The monoisotopic (exact) mass is 369 g/mol. The maximum Gasteiger partial charge on any atom is 0.306 e. The first kappa shape index (κ1) is 18.1. The maximum atomic E-state index is 12.3. The van der Waals surface area contributed by atoms with Crippen LogP contribution in [0, 0.1) is 13.8 Å². The van der Waals surface area contributed by atoms with Gasteiger partial charge >= 0.3 is 5.97 Å². The number of benzene rings is 1. The molecule has 5 nitrogen and oxygen atoms in total. The number of Topliss-reactive ketones (excluding diaryl/α,β-unsaturated/α-hetero) is 2. The van der Waals surface area contributed by atoms with E-state index in [0.717, 1.165) is 20.7 Å². The van der Waals surface area contributed by atoms with Crippen molar-refractivity contribution >= 4 is 39.8 Å². The average Bonchev–Trinajstić information content (AvgIpc) is 3.20. The van der Waals surface area contributed by atoms with Gasteiger partial charge in [-0.05, 0) is 26.0 Å². The summed E-state index contributed by atoms with van der Waals surface area (Å²) in [4.78, 5) is 41.4. The standard InChI is InChI=1S/C20H19NO4S/c1-12-9-15(13(2)26-12)18(22)7-8-20(24)25-11-19(23)16-10-21-17-6-4-3-5-14(16)17/h3-6,9-10,21H,7-8,11H2,1-2H3. The number of carbonyl (C=O) groups excluding carboxylic acids is 3. The number of aromatic nitrogens is 1. The van der Waals surface area contributed by atoms with Crippen LogP contribution in [-0.4, -0.2) is 29.1 Å². The smallest absolute Gasteiger partial charge is 0.306 e. The van der Waals surface area contributed by atoms with Gasteiger partial charge in [-0.1, -0.05) is 18.2 Å². The Kier molecular flexibility index (Phi) is 5.32. The van der Waals surface area contributed by atoms with Gasteiger partial charge in [0, 0.05) is 44.4 Å². The summed E-state index contributed by atoms with van der Waals surface area (Å²) in [6.07, 6.45) is 1.66. The number of ketones is 2. The Morgan fingerprint density at radius 1 is 1.04 bits per heavy atom. The molecule has 0 saturated carbocycles. The van der Waals surface area contributed by atoms with Gasteiger partial charge in [0.1, 0.15) is 0 Å². The van der Waals surface area contributed by atoms with Gasteiger partial charge in [0.05, 0.1) is 6.42 Å². The molecule has 0 aliphatic heterocycles. The maximum absolute atomic E-state index is 12.3. The van der Waals surface area contributed by atoms with Gasteiger partial charge < -0.3 is 9.72 Å². The van der Waals surface area contributed by atoms with Crippen molar-refractivity contribution in [2.45, 2.75) is 26.7 Å². The van der Waals surface area contributed by atoms with Crippen molar-refractivity contribution in [1.29, 1.82) is 0 Å². The number of aryl methyl sites for hydroxylation is 2. The zero-order chi connectivity index (χ0) is 18.7. The van der Waals surface area contributed by atoms with E-state index in [4.69, 9.17) is 4.74 Å². The lowest BCUT2D eigenvalue weighted by molar-refractivity contribution is -0.142. The number of hydrogen-bond donors (Lipinski definition) is 1. The first-order valence-electron chi connectivity index (χ1n) is 8.31. The number of nitrogens with one attached hydrogen (secondary N) is 1. The minimum absolute atomic E-state index is 0.0334. The van der Waals surface area contributed by atoms with Crippen molar-refractivity contribution in [2.24, 2.45) is 0 Å². The van der Waals surface area contributed by atoms with E-state index in [0.29, 0.717) is 11.1 Å². The predicted octanol–water partition coefficient (Wildman–Crippen LogP) is 4.24. The van der Waals surface area contributed by atoms with Crippen LogP contribution in [0.2, 0.25) is 0 Å². The summed E-state index contributed by atoms with van der Waals surface area (Å²) >= 11 is 1.56. The zero-order valence-corrected chi connectivity index (χ0v) is 15.4. The van der Waals surface area contributed by atoms with E-state index >= 15 is 0 Å². The number of fused-ring (bicyclic) bond motifs is 1. The molecule has 1 N–H and O–H groups in total. The predicted molar refractivity (Wildman–Crippen MR) is 101 cm³/mol. The van der Waals surface area contributed by atoms with Crippen molar-refractivity contribution in [2.75, 3.05) is 6.61 Å². The second kappa shape index (κ2) is 7.66. The summed E-state index contributed by atoms with van der Waals surface area (Å²) in [5.41, 5.74) is 2.01. The summed E-state index contributed by atoms with van der Waals surface area (Å²) in [7, 11) is 0. The lowest BCUT2D eigenvalue weighted by Gasteiger charge is -2.04. The number of thiophene rings is 1. The fourth-order valence-corrected chi connectivity index (χ4v) is 3.80. The minimum atomic E-state index is -0.545. The van der Waals surface area contributed by atoms with Crippen molar-refractivity contribution < 1.29 is 19.1 Å². The van der Waals surface area contributed by atoms with E-state index in [1.807, 2.05) is 44.2 Å². The lowest BCUT2D eigenvalue weighted by atomic mass is 10.1. The Balaban J connectivity index is 1.52. The molecule has 0 spiro atoms. The number of H-pyrrole nitrogens is 1. The fraction of sp³-hybridized carbons (Fsp3) is 0.250. The number of rotatable bonds is 7. The molecule has 0 aliphatic rings. The Morgan fingerprint density at radius 3 is 2.54 bits per heavy atom. The normalized spacial score (nSPS) is 10.8. The number of para-hydroxylation sites is 1.